The molecular formula is C28H21ClFN3O5. The molecule has 1 aliphatic heterocycles. The highest BCUT2D eigenvalue weighted by Crippen LogP contribution is 2.41. The second kappa shape index (κ2) is 10.4. The highest BCUT2D eigenvalue weighted by atomic mass is 35.5. The second-order valence-corrected chi connectivity index (χ2v) is 8.89. The van der Waals surface area contributed by atoms with Crippen LogP contribution < -0.4 is 14.8 Å². The number of hydrogen-bond acceptors (Lipinski definition) is 5. The van der Waals surface area contributed by atoms with Gasteiger partial charge in [-0.25, -0.2) is 9.07 Å². The van der Waals surface area contributed by atoms with Crippen LogP contribution in [-0.2, 0) is 4.79 Å². The van der Waals surface area contributed by atoms with Gasteiger partial charge in [-0.1, -0.05) is 24.3 Å². The van der Waals surface area contributed by atoms with Crippen LogP contribution in [0.1, 0.15) is 33.8 Å². The quantitative estimate of drug-likeness (QED) is 0.289. The van der Waals surface area contributed by atoms with Crippen LogP contribution in [0.5, 0.6) is 17.2 Å². The van der Waals surface area contributed by atoms with Gasteiger partial charge in [0, 0.05) is 35.0 Å². The molecule has 8 nitrogen and oxygen atoms in total. The summed E-state index contributed by atoms with van der Waals surface area (Å²) in [5.74, 6) is -0.919. The Kier molecular flexibility index (Phi) is 6.85. The summed E-state index contributed by atoms with van der Waals surface area (Å²) in [6.45, 7) is 3.88. The zero-order valence-electron chi connectivity index (χ0n) is 19.9. The molecule has 2 heterocycles. The third-order valence-corrected chi connectivity index (χ3v) is 6.34. The summed E-state index contributed by atoms with van der Waals surface area (Å²) in [7, 11) is 0. The van der Waals surface area contributed by atoms with Crippen molar-refractivity contribution in [1.82, 2.24) is 9.78 Å². The van der Waals surface area contributed by atoms with E-state index in [1.807, 2.05) is 0 Å². The molecule has 0 aliphatic carbocycles. The first-order valence-electron chi connectivity index (χ1n) is 11.6. The summed E-state index contributed by atoms with van der Waals surface area (Å²) in [6, 6.07) is 15.6. The number of carboxylic acids is 1. The molecule has 38 heavy (non-hydrogen) atoms. The Hall–Kier alpha value is -4.63. The minimum Gasteiger partial charge on any atom is -0.493 e. The Morgan fingerprint density at radius 2 is 1.97 bits per heavy atom. The van der Waals surface area contributed by atoms with E-state index >= 15 is 0 Å². The van der Waals surface area contributed by atoms with Gasteiger partial charge in [0.25, 0.3) is 5.91 Å². The van der Waals surface area contributed by atoms with Crippen LogP contribution in [0.4, 0.5) is 10.2 Å². The van der Waals surface area contributed by atoms with Crippen LogP contribution in [-0.4, -0.2) is 33.4 Å². The normalized spacial score (nSPS) is 14.2. The van der Waals surface area contributed by atoms with Crippen LogP contribution in [0.25, 0.3) is 11.8 Å². The van der Waals surface area contributed by atoms with E-state index in [1.54, 1.807) is 60.8 Å². The van der Waals surface area contributed by atoms with Gasteiger partial charge in [0.05, 0.1) is 23.2 Å². The highest BCUT2D eigenvalue weighted by Gasteiger charge is 2.29. The molecule has 1 unspecified atom stereocenters. The molecule has 3 aromatic carbocycles. The number of nitrogens with one attached hydrogen (secondary N) is 1. The van der Waals surface area contributed by atoms with Crippen molar-refractivity contribution in [3.05, 3.63) is 101 Å². The van der Waals surface area contributed by atoms with E-state index < -0.39 is 11.9 Å². The largest absolute Gasteiger partial charge is 0.493 e. The number of halogens is 2. The lowest BCUT2D eigenvalue weighted by molar-refractivity contribution is -0.139. The average Bonchev–Trinajstić information content (AvgIpc) is 3.37. The number of fused-ring (bicyclic) bond motifs is 1. The van der Waals surface area contributed by atoms with Crippen molar-refractivity contribution < 1.29 is 28.6 Å². The summed E-state index contributed by atoms with van der Waals surface area (Å²) >= 11 is 6.35. The standard InChI is InChI=1S/C28H21ClFN3O5/c1-2-16-13-18(5-8-23(16)30)33-11-9-26(32-33)31-27(34)17-3-6-19(7-4-17)38-25-15-24-21(14-22(25)29)20(28(35)36)10-12-37-24/h2-9,11,13-15,20H,1,10,12H2,(H,35,36)(H,31,32,34). The van der Waals surface area contributed by atoms with Crippen molar-refractivity contribution in [3.8, 4) is 22.9 Å². The average molecular weight is 534 g/mol. The molecule has 0 spiro atoms. The molecule has 1 aliphatic rings. The lowest BCUT2D eigenvalue weighted by Crippen LogP contribution is -2.20. The number of hydrogen-bond donors (Lipinski definition) is 2. The molecule has 1 amide bonds. The van der Waals surface area contributed by atoms with E-state index in [0.29, 0.717) is 51.9 Å². The van der Waals surface area contributed by atoms with Crippen molar-refractivity contribution in [2.75, 3.05) is 11.9 Å². The number of amides is 1. The Morgan fingerprint density at radius 1 is 1.18 bits per heavy atom. The summed E-state index contributed by atoms with van der Waals surface area (Å²) < 4.78 is 26.7. The summed E-state index contributed by atoms with van der Waals surface area (Å²) in [4.78, 5) is 24.2. The fourth-order valence-electron chi connectivity index (χ4n) is 4.08. The Morgan fingerprint density at radius 3 is 2.71 bits per heavy atom. The Labute approximate surface area is 221 Å². The minimum atomic E-state index is -0.933. The fraction of sp³-hybridized carbons (Fsp3) is 0.107. The summed E-state index contributed by atoms with van der Waals surface area (Å²) in [5.41, 5.74) is 1.84. The third kappa shape index (κ3) is 5.09. The predicted octanol–water partition coefficient (Wildman–Crippen LogP) is 6.30. The van der Waals surface area contributed by atoms with E-state index in [0.717, 1.165) is 0 Å². The number of carbonyl (C=O) groups is 2. The van der Waals surface area contributed by atoms with Crippen molar-refractivity contribution in [1.29, 1.82) is 0 Å². The summed E-state index contributed by atoms with van der Waals surface area (Å²) in [6.07, 6.45) is 3.43. The molecule has 0 saturated carbocycles. The maximum Gasteiger partial charge on any atom is 0.311 e. The van der Waals surface area contributed by atoms with Gasteiger partial charge >= 0.3 is 5.97 Å². The molecule has 2 N–H and O–H groups in total. The monoisotopic (exact) mass is 533 g/mol. The van der Waals surface area contributed by atoms with Crippen molar-refractivity contribution in [2.24, 2.45) is 0 Å². The second-order valence-electron chi connectivity index (χ2n) is 8.48. The number of aromatic nitrogens is 2. The first kappa shape index (κ1) is 25.0. The van der Waals surface area contributed by atoms with Crippen molar-refractivity contribution in [3.63, 3.8) is 0 Å². The SMILES string of the molecule is C=Cc1cc(-n2ccc(NC(=O)c3ccc(Oc4cc5c(cc4Cl)C(C(=O)O)CCO5)cc3)n2)ccc1F. The van der Waals surface area contributed by atoms with Gasteiger partial charge < -0.3 is 19.9 Å². The van der Waals surface area contributed by atoms with Gasteiger partial charge in [-0.3, -0.25) is 9.59 Å². The molecule has 192 valence electrons. The number of anilines is 1. The van der Waals surface area contributed by atoms with Gasteiger partial charge in [-0.05, 0) is 55.0 Å². The first-order chi connectivity index (χ1) is 18.3. The van der Waals surface area contributed by atoms with Crippen LogP contribution in [0.2, 0.25) is 5.02 Å². The molecule has 5 rings (SSSR count). The number of aliphatic carboxylic acids is 1. The molecule has 1 aromatic heterocycles. The van der Waals surface area contributed by atoms with E-state index in [2.05, 4.69) is 17.0 Å². The highest BCUT2D eigenvalue weighted by molar-refractivity contribution is 6.32. The molecule has 10 heteroatoms. The van der Waals surface area contributed by atoms with E-state index in [-0.39, 0.29) is 23.4 Å². The number of carbonyl (C=O) groups excluding carboxylic acids is 1. The molecule has 0 saturated heterocycles. The first-order valence-corrected chi connectivity index (χ1v) is 12.0. The number of ether oxygens (including phenoxy) is 2. The third-order valence-electron chi connectivity index (χ3n) is 6.04. The molecule has 0 radical (unpaired) electrons. The van der Waals surface area contributed by atoms with Crippen LogP contribution >= 0.6 is 11.6 Å². The fourth-order valence-corrected chi connectivity index (χ4v) is 4.29. The number of nitrogens with zero attached hydrogens (tertiary/aromatic N) is 2. The number of carboxylic acid groups (broad SMARTS) is 1. The smallest absolute Gasteiger partial charge is 0.311 e. The van der Waals surface area contributed by atoms with Gasteiger partial charge in [0.2, 0.25) is 0 Å². The Balaban J connectivity index is 1.26. The van der Waals surface area contributed by atoms with Gasteiger partial charge in [0.15, 0.2) is 5.82 Å². The van der Waals surface area contributed by atoms with Gasteiger partial charge in [0.1, 0.15) is 23.1 Å². The van der Waals surface area contributed by atoms with Crippen LogP contribution in [0, 0.1) is 5.82 Å². The molecule has 4 aromatic rings. The van der Waals surface area contributed by atoms with E-state index in [1.165, 1.54) is 16.8 Å². The minimum absolute atomic E-state index is 0.249. The molecule has 0 bridgehead atoms. The lowest BCUT2D eigenvalue weighted by Gasteiger charge is -2.24. The van der Waals surface area contributed by atoms with E-state index in [4.69, 9.17) is 21.1 Å². The number of benzene rings is 3. The van der Waals surface area contributed by atoms with Crippen LogP contribution in [0.3, 0.4) is 0 Å². The zero-order chi connectivity index (χ0) is 26.8. The molecule has 0 fully saturated rings. The zero-order valence-corrected chi connectivity index (χ0v) is 20.6. The maximum atomic E-state index is 13.7. The lowest BCUT2D eigenvalue weighted by atomic mass is 9.93. The van der Waals surface area contributed by atoms with Gasteiger partial charge in [-0.15, -0.1) is 0 Å². The Bertz CT molecular complexity index is 1550. The predicted molar refractivity (Wildman–Crippen MR) is 140 cm³/mol. The summed E-state index contributed by atoms with van der Waals surface area (Å²) in [5, 5.41) is 16.7. The van der Waals surface area contributed by atoms with E-state index in [9.17, 15) is 19.1 Å². The maximum absolute atomic E-state index is 13.7. The number of rotatable bonds is 7. The molecule has 1 atom stereocenters. The molecular weight excluding hydrogens is 513 g/mol. The van der Waals surface area contributed by atoms with Crippen molar-refractivity contribution >= 4 is 35.4 Å². The topological polar surface area (TPSA) is 103 Å². The van der Waals surface area contributed by atoms with Gasteiger partial charge in [-0.2, -0.15) is 5.10 Å². The van der Waals surface area contributed by atoms with Crippen LogP contribution in [0.15, 0.2) is 73.4 Å². The van der Waals surface area contributed by atoms with Crippen molar-refractivity contribution in [2.45, 2.75) is 12.3 Å².